The van der Waals surface area contributed by atoms with Crippen molar-refractivity contribution in [2.45, 2.75) is 135 Å². The lowest BCUT2D eigenvalue weighted by molar-refractivity contribution is -0.345. The summed E-state index contributed by atoms with van der Waals surface area (Å²) in [5.41, 5.74) is -8.72. The number of Topliss-reactive ketones (excluding diaryl/α,β-unsaturated/α-hetero) is 1. The predicted molar refractivity (Wildman–Crippen MR) is 219 cm³/mol. The van der Waals surface area contributed by atoms with Crippen LogP contribution in [0.3, 0.4) is 0 Å². The van der Waals surface area contributed by atoms with Crippen LogP contribution in [0.15, 0.2) is 59.0 Å². The predicted octanol–water partition coefficient (Wildman–Crippen LogP) is 4.07. The third-order valence-electron chi connectivity index (χ3n) is 12.8. The number of carbonyl (C=O) groups excluding carboxylic acids is 6. The molecule has 1 saturated heterocycles. The smallest absolute Gasteiger partial charge is 0.408 e. The van der Waals surface area contributed by atoms with Gasteiger partial charge in [-0.3, -0.25) is 9.59 Å². The van der Waals surface area contributed by atoms with E-state index in [-0.39, 0.29) is 36.3 Å². The number of fused-ring (bicyclic) bond motifs is 5. The van der Waals surface area contributed by atoms with Crippen molar-refractivity contribution in [1.29, 1.82) is 0 Å². The minimum atomic E-state index is -2.41. The van der Waals surface area contributed by atoms with Crippen LogP contribution >= 0.6 is 11.3 Å². The van der Waals surface area contributed by atoms with Gasteiger partial charge < -0.3 is 54.4 Å². The summed E-state index contributed by atoms with van der Waals surface area (Å²) in [5.74, 6) is -5.44. The molecule has 2 bridgehead atoms. The van der Waals surface area contributed by atoms with E-state index in [1.54, 1.807) is 77.3 Å². The zero-order chi connectivity index (χ0) is 45.7. The molecule has 17 nitrogen and oxygen atoms in total. The monoisotopic (exact) mass is 884 g/mol. The molecular formula is C44H56N2O15S. The minimum absolute atomic E-state index is 0.0300. The SMILES string of the molecule is CCNC(=O)O[C@H]1C(=O)[C@@]2(C)C([C@H](OC(=O)c3ccccc3)[C@]3(O)C[C@H](OC(=O)[C@H](O)[C@@H](NC(=O)OC(C)(C)C)c4cccs4)C(C)=C1C3(C)C)[C@]1(OC(C)=O)CO[C@@H]1C[C@@H]2O. The normalized spacial score (nSPS) is 32.2. The van der Waals surface area contributed by atoms with Gasteiger partial charge in [-0.25, -0.2) is 19.2 Å². The van der Waals surface area contributed by atoms with E-state index in [1.807, 2.05) is 0 Å². The van der Waals surface area contributed by atoms with Crippen molar-refractivity contribution in [2.24, 2.45) is 16.7 Å². The molecule has 1 aliphatic heterocycles. The molecule has 3 fully saturated rings. The molecule has 338 valence electrons. The molecule has 18 heteroatoms. The van der Waals surface area contributed by atoms with Crippen LogP contribution in [0.2, 0.25) is 0 Å². The fourth-order valence-corrected chi connectivity index (χ4v) is 10.5. The molecule has 1 unspecified atom stereocenters. The summed E-state index contributed by atoms with van der Waals surface area (Å²) >= 11 is 1.14. The highest BCUT2D eigenvalue weighted by molar-refractivity contribution is 7.10. The molecule has 0 radical (unpaired) electrons. The molecule has 2 heterocycles. The van der Waals surface area contributed by atoms with Crippen LogP contribution in [-0.4, -0.2) is 118 Å². The number of hydrogen-bond donors (Lipinski definition) is 5. The van der Waals surface area contributed by atoms with Gasteiger partial charge in [0.05, 0.1) is 29.6 Å². The summed E-state index contributed by atoms with van der Waals surface area (Å²) in [6.07, 6.45) is -12.6. The number of ketones is 1. The first-order chi connectivity index (χ1) is 28.9. The van der Waals surface area contributed by atoms with E-state index < -0.39 is 119 Å². The number of rotatable bonds is 10. The quantitative estimate of drug-likeness (QED) is 0.128. The second kappa shape index (κ2) is 17.0. The van der Waals surface area contributed by atoms with Crippen LogP contribution in [0.1, 0.15) is 96.4 Å². The third kappa shape index (κ3) is 8.11. The Bertz CT molecular complexity index is 2100. The highest BCUT2D eigenvalue weighted by Gasteiger charge is 2.78. The maximum atomic E-state index is 15.6. The van der Waals surface area contributed by atoms with Crippen molar-refractivity contribution in [1.82, 2.24) is 10.6 Å². The third-order valence-corrected chi connectivity index (χ3v) is 13.7. The summed E-state index contributed by atoms with van der Waals surface area (Å²) in [7, 11) is 0. The zero-order valence-corrected chi connectivity index (χ0v) is 37.0. The maximum absolute atomic E-state index is 15.6. The topological polar surface area (TPSA) is 243 Å². The van der Waals surface area contributed by atoms with E-state index in [0.29, 0.717) is 4.88 Å². The van der Waals surface area contributed by atoms with Gasteiger partial charge in [0.15, 0.2) is 23.6 Å². The number of ether oxygens (including phenoxy) is 6. The Hall–Kier alpha value is -4.88. The fourth-order valence-electron chi connectivity index (χ4n) is 9.70. The van der Waals surface area contributed by atoms with Gasteiger partial charge in [-0.15, -0.1) is 11.3 Å². The van der Waals surface area contributed by atoms with Crippen molar-refractivity contribution < 1.29 is 72.5 Å². The average Bonchev–Trinajstić information content (AvgIpc) is 3.72. The van der Waals surface area contributed by atoms with Crippen LogP contribution in [0.25, 0.3) is 0 Å². The first-order valence-electron chi connectivity index (χ1n) is 20.5. The Kier molecular flexibility index (Phi) is 12.8. The molecule has 2 saturated carbocycles. The van der Waals surface area contributed by atoms with E-state index >= 15 is 4.79 Å². The zero-order valence-electron chi connectivity index (χ0n) is 36.2. The Morgan fingerprint density at radius 1 is 1.00 bits per heavy atom. The molecule has 11 atom stereocenters. The van der Waals surface area contributed by atoms with E-state index in [0.717, 1.165) is 18.3 Å². The molecule has 1 aromatic carbocycles. The van der Waals surface area contributed by atoms with Crippen molar-refractivity contribution in [3.05, 3.63) is 69.4 Å². The average molecular weight is 885 g/mol. The first-order valence-corrected chi connectivity index (χ1v) is 21.4. The number of aliphatic hydroxyl groups is 3. The summed E-state index contributed by atoms with van der Waals surface area (Å²) < 4.78 is 35.8. The minimum Gasteiger partial charge on any atom is -0.456 e. The van der Waals surface area contributed by atoms with Gasteiger partial charge in [0.1, 0.15) is 35.6 Å². The van der Waals surface area contributed by atoms with Gasteiger partial charge in [-0.1, -0.05) is 38.1 Å². The Labute approximate surface area is 363 Å². The number of esters is 3. The number of benzene rings is 1. The number of hydrogen-bond acceptors (Lipinski definition) is 16. The van der Waals surface area contributed by atoms with Crippen LogP contribution in [0, 0.1) is 16.7 Å². The summed E-state index contributed by atoms with van der Waals surface area (Å²) in [6.45, 7) is 13.5. The molecule has 1 aromatic heterocycles. The largest absolute Gasteiger partial charge is 0.456 e. The van der Waals surface area contributed by atoms with E-state index in [1.165, 1.54) is 26.0 Å². The second-order valence-corrected chi connectivity index (χ2v) is 19.1. The van der Waals surface area contributed by atoms with Crippen LogP contribution in [0.4, 0.5) is 9.59 Å². The molecular weight excluding hydrogens is 829 g/mol. The Balaban J connectivity index is 1.55. The lowest BCUT2D eigenvalue weighted by Crippen LogP contribution is -2.82. The maximum Gasteiger partial charge on any atom is 0.408 e. The highest BCUT2D eigenvalue weighted by atomic mass is 32.1. The standard InChI is InChI=1S/C44H56N2O15S/c1-10-45-38(53)58-32-29-22(2)25(57-37(52)31(49)30(26-17-14-18-62-26)46-39(54)61-40(4,5)6)20-44(55,41(29,7)8)35(59-36(51)24-15-12-11-13-16-24)33-42(9,34(32)50)27(48)19-28-43(33,21-56-28)60-23(3)47/h11-18,25,27-28,30-33,35,48-49,55H,10,19-21H2,1-9H3,(H,45,53)(H,46,54)/t25-,27-,28+,30-,31+,32+,33?,35-,42+,43-,44+/m0/s1. The summed E-state index contributed by atoms with van der Waals surface area (Å²) in [6, 6.07) is 9.70. The molecule has 3 aliphatic carbocycles. The Morgan fingerprint density at radius 2 is 1.68 bits per heavy atom. The fraction of sp³-hybridized carbons (Fsp3) is 0.591. The molecule has 62 heavy (non-hydrogen) atoms. The van der Waals surface area contributed by atoms with Crippen LogP contribution < -0.4 is 10.6 Å². The number of alkyl carbamates (subject to hydrolysis) is 2. The van der Waals surface area contributed by atoms with Gasteiger partial charge in [0, 0.05) is 36.6 Å². The molecule has 0 spiro atoms. The van der Waals surface area contributed by atoms with Gasteiger partial charge in [0.2, 0.25) is 0 Å². The molecule has 2 aromatic rings. The Morgan fingerprint density at radius 3 is 2.24 bits per heavy atom. The van der Waals surface area contributed by atoms with E-state index in [2.05, 4.69) is 10.6 Å². The van der Waals surface area contributed by atoms with Crippen molar-refractivity contribution in [3.8, 4) is 0 Å². The van der Waals surface area contributed by atoms with Gasteiger partial charge in [-0.05, 0) is 76.3 Å². The van der Waals surface area contributed by atoms with Gasteiger partial charge in [0.25, 0.3) is 0 Å². The van der Waals surface area contributed by atoms with Crippen molar-refractivity contribution in [3.63, 3.8) is 0 Å². The van der Waals surface area contributed by atoms with Gasteiger partial charge >= 0.3 is 30.1 Å². The summed E-state index contributed by atoms with van der Waals surface area (Å²) in [4.78, 5) is 83.9. The molecule has 6 rings (SSSR count). The molecule has 2 amide bonds. The van der Waals surface area contributed by atoms with E-state index in [9.17, 15) is 39.3 Å². The summed E-state index contributed by atoms with van der Waals surface area (Å²) in [5, 5.41) is 44.2. The number of thiophene rings is 1. The van der Waals surface area contributed by atoms with Crippen molar-refractivity contribution in [2.75, 3.05) is 13.2 Å². The lowest BCUT2D eigenvalue weighted by atomic mass is 9.44. The number of amides is 2. The number of aliphatic hydroxyl groups excluding tert-OH is 2. The molecule has 5 N–H and O–H groups in total. The van der Waals surface area contributed by atoms with Crippen LogP contribution in [-0.2, 0) is 42.8 Å². The van der Waals surface area contributed by atoms with E-state index in [4.69, 9.17) is 28.4 Å². The lowest BCUT2D eigenvalue weighted by Gasteiger charge is -2.67. The number of carbonyl (C=O) groups is 6. The first kappa shape index (κ1) is 46.6. The molecule has 4 aliphatic rings. The van der Waals surface area contributed by atoms with Crippen molar-refractivity contribution >= 4 is 47.2 Å². The van der Waals surface area contributed by atoms with Crippen LogP contribution in [0.5, 0.6) is 0 Å². The second-order valence-electron chi connectivity index (χ2n) is 18.1. The van der Waals surface area contributed by atoms with Gasteiger partial charge in [-0.2, -0.15) is 0 Å². The highest BCUT2D eigenvalue weighted by Crippen LogP contribution is 2.64. The number of nitrogens with one attached hydrogen (secondary N) is 2.